The van der Waals surface area contributed by atoms with Crippen LogP contribution in [0.2, 0.25) is 0 Å². The van der Waals surface area contributed by atoms with E-state index in [1.165, 1.54) is 5.70 Å². The summed E-state index contributed by atoms with van der Waals surface area (Å²) in [6.07, 6.45) is 11.2. The Bertz CT molecular complexity index is 272. The van der Waals surface area contributed by atoms with Crippen LogP contribution < -0.4 is 5.32 Å². The van der Waals surface area contributed by atoms with Gasteiger partial charge in [0.2, 0.25) is 0 Å². The van der Waals surface area contributed by atoms with Gasteiger partial charge < -0.3 is 10.2 Å². The molecule has 0 aliphatic carbocycles. The van der Waals surface area contributed by atoms with Gasteiger partial charge in [0.15, 0.2) is 0 Å². The van der Waals surface area contributed by atoms with E-state index in [4.69, 9.17) is 0 Å². The summed E-state index contributed by atoms with van der Waals surface area (Å²) in [6, 6.07) is 0. The van der Waals surface area contributed by atoms with Crippen molar-refractivity contribution >= 4 is 15.9 Å². The van der Waals surface area contributed by atoms with Gasteiger partial charge in [0.05, 0.1) is 4.95 Å². The standard InChI is InChI=1S/C14H23BrN2/c1-5-8-13(9-10-14(15)16-4)17(11-6-2)12-7-3/h6-10,14,16H,2-3,5,11-12H2,1,4H3. The molecule has 3 heteroatoms. The average Bonchev–Trinajstić information content (AvgIpc) is 2.33. The second kappa shape index (κ2) is 10.4. The molecule has 0 aliphatic heterocycles. The number of hydrogen-bond acceptors (Lipinski definition) is 2. The summed E-state index contributed by atoms with van der Waals surface area (Å²) in [5, 5.41) is 3.11. The van der Waals surface area contributed by atoms with Gasteiger partial charge in [-0.05, 0) is 19.5 Å². The van der Waals surface area contributed by atoms with Gasteiger partial charge in [-0.25, -0.2) is 0 Å². The van der Waals surface area contributed by atoms with Crippen molar-refractivity contribution in [2.24, 2.45) is 0 Å². The van der Waals surface area contributed by atoms with Gasteiger partial charge >= 0.3 is 0 Å². The summed E-state index contributed by atoms with van der Waals surface area (Å²) in [5.41, 5.74) is 1.20. The Hall–Kier alpha value is -0.800. The first-order valence-electron chi connectivity index (χ1n) is 5.86. The second-order valence-electron chi connectivity index (χ2n) is 3.57. The molecule has 0 heterocycles. The maximum absolute atomic E-state index is 3.79. The van der Waals surface area contributed by atoms with E-state index in [0.717, 1.165) is 19.5 Å². The van der Waals surface area contributed by atoms with Crippen molar-refractivity contribution in [3.05, 3.63) is 49.2 Å². The van der Waals surface area contributed by atoms with Crippen molar-refractivity contribution in [3.8, 4) is 0 Å². The lowest BCUT2D eigenvalue weighted by Gasteiger charge is -2.23. The molecule has 0 rings (SSSR count). The van der Waals surface area contributed by atoms with Crippen LogP contribution in [0.1, 0.15) is 13.3 Å². The van der Waals surface area contributed by atoms with E-state index in [2.05, 4.69) is 64.5 Å². The molecule has 2 nitrogen and oxygen atoms in total. The SMILES string of the molecule is C=CCN(CC=C)C(C=CC(Br)NC)=CCC. The Morgan fingerprint density at radius 1 is 1.35 bits per heavy atom. The molecular formula is C14H23BrN2. The van der Waals surface area contributed by atoms with E-state index in [-0.39, 0.29) is 4.95 Å². The minimum atomic E-state index is 0.192. The van der Waals surface area contributed by atoms with Crippen LogP contribution in [-0.2, 0) is 0 Å². The van der Waals surface area contributed by atoms with Crippen LogP contribution in [0.3, 0.4) is 0 Å². The molecule has 17 heavy (non-hydrogen) atoms. The fourth-order valence-electron chi connectivity index (χ4n) is 1.39. The summed E-state index contributed by atoms with van der Waals surface area (Å²) < 4.78 is 0. The van der Waals surface area contributed by atoms with Gasteiger partial charge in [0, 0.05) is 18.8 Å². The van der Waals surface area contributed by atoms with E-state index in [1.54, 1.807) is 0 Å². The van der Waals surface area contributed by atoms with Gasteiger partial charge in [-0.3, -0.25) is 0 Å². The van der Waals surface area contributed by atoms with Crippen LogP contribution in [0.5, 0.6) is 0 Å². The lowest BCUT2D eigenvalue weighted by molar-refractivity contribution is 0.433. The Morgan fingerprint density at radius 2 is 1.94 bits per heavy atom. The fraction of sp³-hybridized carbons (Fsp3) is 0.429. The lowest BCUT2D eigenvalue weighted by atomic mass is 10.2. The molecular weight excluding hydrogens is 276 g/mol. The Morgan fingerprint density at radius 3 is 2.35 bits per heavy atom. The number of likely N-dealkylation sites (N-methyl/N-ethyl adjacent to an activating group) is 1. The number of nitrogens with one attached hydrogen (secondary N) is 1. The molecule has 0 aliphatic rings. The zero-order valence-electron chi connectivity index (χ0n) is 10.8. The largest absolute Gasteiger partial charge is 0.364 e. The number of alkyl halides is 1. The van der Waals surface area contributed by atoms with E-state index < -0.39 is 0 Å². The average molecular weight is 299 g/mol. The molecule has 1 N–H and O–H groups in total. The number of rotatable bonds is 9. The topological polar surface area (TPSA) is 15.3 Å². The summed E-state index contributed by atoms with van der Waals surface area (Å²) in [6.45, 7) is 11.4. The number of hydrogen-bond donors (Lipinski definition) is 1. The predicted molar refractivity (Wildman–Crippen MR) is 81.3 cm³/mol. The van der Waals surface area contributed by atoms with Crippen molar-refractivity contribution < 1.29 is 0 Å². The molecule has 0 spiro atoms. The first-order chi connectivity index (χ1) is 8.19. The van der Waals surface area contributed by atoms with Crippen molar-refractivity contribution in [3.63, 3.8) is 0 Å². The molecule has 0 fully saturated rings. The zero-order chi connectivity index (χ0) is 13.1. The third-order valence-electron chi connectivity index (χ3n) is 2.19. The van der Waals surface area contributed by atoms with Crippen molar-refractivity contribution in [2.45, 2.75) is 18.3 Å². The first-order valence-corrected chi connectivity index (χ1v) is 6.77. The molecule has 0 saturated carbocycles. The van der Waals surface area contributed by atoms with Crippen LogP contribution in [0, 0.1) is 0 Å². The molecule has 1 unspecified atom stereocenters. The zero-order valence-corrected chi connectivity index (χ0v) is 12.4. The molecule has 0 aromatic rings. The van der Waals surface area contributed by atoms with E-state index in [1.807, 2.05) is 19.2 Å². The van der Waals surface area contributed by atoms with Crippen LogP contribution in [0.15, 0.2) is 49.2 Å². The number of halogens is 1. The van der Waals surface area contributed by atoms with E-state index in [0.29, 0.717) is 0 Å². The molecule has 96 valence electrons. The monoisotopic (exact) mass is 298 g/mol. The molecule has 0 aromatic carbocycles. The molecule has 0 amide bonds. The summed E-state index contributed by atoms with van der Waals surface area (Å²) >= 11 is 3.50. The van der Waals surface area contributed by atoms with Crippen molar-refractivity contribution in [2.75, 3.05) is 20.1 Å². The Balaban J connectivity index is 4.78. The molecule has 0 radical (unpaired) electrons. The highest BCUT2D eigenvalue weighted by atomic mass is 79.9. The van der Waals surface area contributed by atoms with Gasteiger partial charge in [-0.1, -0.05) is 47.2 Å². The molecule has 1 atom stereocenters. The van der Waals surface area contributed by atoms with Gasteiger partial charge in [-0.15, -0.1) is 13.2 Å². The molecule has 0 aromatic heterocycles. The quantitative estimate of drug-likeness (QED) is 0.304. The summed E-state index contributed by atoms with van der Waals surface area (Å²) in [7, 11) is 1.91. The van der Waals surface area contributed by atoms with Crippen LogP contribution in [0.25, 0.3) is 0 Å². The second-order valence-corrected chi connectivity index (χ2v) is 4.56. The summed E-state index contributed by atoms with van der Waals surface area (Å²) in [4.78, 5) is 2.42. The normalized spacial score (nSPS) is 13.7. The van der Waals surface area contributed by atoms with Gasteiger partial charge in [0.1, 0.15) is 0 Å². The van der Waals surface area contributed by atoms with E-state index in [9.17, 15) is 0 Å². The van der Waals surface area contributed by atoms with Crippen molar-refractivity contribution in [1.82, 2.24) is 10.2 Å². The number of allylic oxidation sites excluding steroid dienone is 2. The number of nitrogens with zero attached hydrogens (tertiary/aromatic N) is 1. The Labute approximate surface area is 114 Å². The lowest BCUT2D eigenvalue weighted by Crippen LogP contribution is -2.23. The van der Waals surface area contributed by atoms with Gasteiger partial charge in [-0.2, -0.15) is 0 Å². The first kappa shape index (κ1) is 16.2. The van der Waals surface area contributed by atoms with Crippen LogP contribution >= 0.6 is 15.9 Å². The maximum atomic E-state index is 3.79. The minimum Gasteiger partial charge on any atom is -0.364 e. The van der Waals surface area contributed by atoms with E-state index >= 15 is 0 Å². The third kappa shape index (κ3) is 7.18. The Kier molecular flexibility index (Phi) is 9.87. The smallest absolute Gasteiger partial charge is 0.0817 e. The van der Waals surface area contributed by atoms with Gasteiger partial charge in [0.25, 0.3) is 0 Å². The minimum absolute atomic E-state index is 0.192. The van der Waals surface area contributed by atoms with Crippen LogP contribution in [-0.4, -0.2) is 30.0 Å². The molecule has 0 saturated heterocycles. The highest BCUT2D eigenvalue weighted by Gasteiger charge is 2.03. The molecule has 0 bridgehead atoms. The highest BCUT2D eigenvalue weighted by molar-refractivity contribution is 9.09. The maximum Gasteiger partial charge on any atom is 0.0817 e. The predicted octanol–water partition coefficient (Wildman–Crippen LogP) is 3.45. The fourth-order valence-corrected chi connectivity index (χ4v) is 1.54. The highest BCUT2D eigenvalue weighted by Crippen LogP contribution is 2.09. The summed E-state index contributed by atoms with van der Waals surface area (Å²) in [5.74, 6) is 0. The van der Waals surface area contributed by atoms with Crippen LogP contribution in [0.4, 0.5) is 0 Å². The third-order valence-corrected chi connectivity index (χ3v) is 2.95. The van der Waals surface area contributed by atoms with Crippen molar-refractivity contribution in [1.29, 1.82) is 0 Å².